The molecule has 1 saturated carbocycles. The van der Waals surface area contributed by atoms with Gasteiger partial charge in [0.15, 0.2) is 0 Å². The molecule has 3 unspecified atom stereocenters. The SMILES string of the molecule is CC1CCC(N2CC(=O)NC2=O)C(C)C1. The van der Waals surface area contributed by atoms with Crippen LogP contribution in [0.3, 0.4) is 0 Å². The van der Waals surface area contributed by atoms with Crippen LogP contribution in [0.15, 0.2) is 0 Å². The van der Waals surface area contributed by atoms with Crippen molar-refractivity contribution in [3.05, 3.63) is 0 Å². The van der Waals surface area contributed by atoms with Crippen molar-refractivity contribution in [1.29, 1.82) is 0 Å². The van der Waals surface area contributed by atoms with Gasteiger partial charge in [-0.1, -0.05) is 13.8 Å². The Balaban J connectivity index is 2.04. The van der Waals surface area contributed by atoms with Crippen LogP contribution in [0.1, 0.15) is 33.1 Å². The number of urea groups is 1. The first kappa shape index (κ1) is 10.5. The van der Waals surface area contributed by atoms with E-state index in [-0.39, 0.29) is 24.5 Å². The van der Waals surface area contributed by atoms with Crippen molar-refractivity contribution in [3.63, 3.8) is 0 Å². The van der Waals surface area contributed by atoms with E-state index in [4.69, 9.17) is 0 Å². The molecule has 2 aliphatic rings. The van der Waals surface area contributed by atoms with E-state index < -0.39 is 0 Å². The monoisotopic (exact) mass is 210 g/mol. The minimum atomic E-state index is -0.202. The first-order valence-electron chi connectivity index (χ1n) is 5.68. The van der Waals surface area contributed by atoms with Gasteiger partial charge in [0.2, 0.25) is 5.91 Å². The molecule has 0 aromatic heterocycles. The molecule has 4 nitrogen and oxygen atoms in total. The maximum Gasteiger partial charge on any atom is 0.324 e. The van der Waals surface area contributed by atoms with Crippen LogP contribution in [0.2, 0.25) is 0 Å². The van der Waals surface area contributed by atoms with Gasteiger partial charge in [-0.3, -0.25) is 10.1 Å². The zero-order valence-corrected chi connectivity index (χ0v) is 9.32. The molecule has 0 bridgehead atoms. The first-order valence-corrected chi connectivity index (χ1v) is 5.68. The van der Waals surface area contributed by atoms with Crippen LogP contribution in [-0.4, -0.2) is 29.4 Å². The van der Waals surface area contributed by atoms with Gasteiger partial charge in [-0.15, -0.1) is 0 Å². The van der Waals surface area contributed by atoms with E-state index in [0.717, 1.165) is 25.2 Å². The maximum absolute atomic E-state index is 11.5. The number of rotatable bonds is 1. The highest BCUT2D eigenvalue weighted by Gasteiger charge is 2.37. The Hall–Kier alpha value is -1.06. The van der Waals surface area contributed by atoms with E-state index in [1.807, 2.05) is 0 Å². The molecule has 15 heavy (non-hydrogen) atoms. The molecule has 1 aliphatic heterocycles. The summed E-state index contributed by atoms with van der Waals surface area (Å²) in [6.07, 6.45) is 3.35. The van der Waals surface area contributed by atoms with E-state index in [1.54, 1.807) is 4.90 Å². The topological polar surface area (TPSA) is 49.4 Å². The van der Waals surface area contributed by atoms with Gasteiger partial charge in [0.25, 0.3) is 0 Å². The summed E-state index contributed by atoms with van der Waals surface area (Å²) in [6.45, 7) is 4.68. The molecule has 4 heteroatoms. The first-order chi connectivity index (χ1) is 7.08. The van der Waals surface area contributed by atoms with E-state index in [9.17, 15) is 9.59 Å². The number of hydrogen-bond acceptors (Lipinski definition) is 2. The van der Waals surface area contributed by atoms with E-state index in [1.165, 1.54) is 0 Å². The average molecular weight is 210 g/mol. The molecule has 2 rings (SSSR count). The van der Waals surface area contributed by atoms with Gasteiger partial charge in [0, 0.05) is 6.04 Å². The summed E-state index contributed by atoms with van der Waals surface area (Å²) in [5.74, 6) is 1.09. The summed E-state index contributed by atoms with van der Waals surface area (Å²) in [5.41, 5.74) is 0. The molecule has 0 radical (unpaired) electrons. The second kappa shape index (κ2) is 3.83. The van der Waals surface area contributed by atoms with Crippen molar-refractivity contribution < 1.29 is 9.59 Å². The van der Waals surface area contributed by atoms with Gasteiger partial charge in [-0.25, -0.2) is 4.79 Å². The number of hydrogen-bond donors (Lipinski definition) is 1. The number of nitrogens with zero attached hydrogens (tertiary/aromatic N) is 1. The smallest absolute Gasteiger partial charge is 0.312 e. The van der Waals surface area contributed by atoms with Gasteiger partial charge < -0.3 is 4.90 Å². The Morgan fingerprint density at radius 1 is 1.27 bits per heavy atom. The lowest BCUT2D eigenvalue weighted by molar-refractivity contribution is -0.118. The van der Waals surface area contributed by atoms with Crippen LogP contribution in [0.5, 0.6) is 0 Å². The predicted octanol–water partition coefficient (Wildman–Crippen LogP) is 1.36. The molecule has 0 aromatic carbocycles. The Morgan fingerprint density at radius 2 is 2.00 bits per heavy atom. The molecule has 84 valence electrons. The Kier molecular flexibility index (Phi) is 2.67. The largest absolute Gasteiger partial charge is 0.324 e. The molecule has 1 heterocycles. The fraction of sp³-hybridized carbons (Fsp3) is 0.818. The van der Waals surface area contributed by atoms with Crippen LogP contribution in [0.4, 0.5) is 4.79 Å². The molecule has 3 atom stereocenters. The van der Waals surface area contributed by atoms with Crippen molar-refractivity contribution >= 4 is 11.9 Å². The van der Waals surface area contributed by atoms with Crippen molar-refractivity contribution in [2.45, 2.75) is 39.2 Å². The van der Waals surface area contributed by atoms with E-state index >= 15 is 0 Å². The van der Waals surface area contributed by atoms with Gasteiger partial charge in [0.1, 0.15) is 6.54 Å². The summed E-state index contributed by atoms with van der Waals surface area (Å²) < 4.78 is 0. The summed E-state index contributed by atoms with van der Waals surface area (Å²) in [4.78, 5) is 24.3. The number of carbonyl (C=O) groups is 2. The number of imide groups is 1. The average Bonchev–Trinajstić information content (AvgIpc) is 2.45. The Labute approximate surface area is 90.0 Å². The number of carbonyl (C=O) groups excluding carboxylic acids is 2. The normalized spacial score (nSPS) is 36.9. The summed E-state index contributed by atoms with van der Waals surface area (Å²) in [5, 5.41) is 2.34. The van der Waals surface area contributed by atoms with Crippen molar-refractivity contribution in [2.75, 3.05) is 6.54 Å². The maximum atomic E-state index is 11.5. The zero-order valence-electron chi connectivity index (χ0n) is 9.32. The Bertz CT molecular complexity index is 290. The highest BCUT2D eigenvalue weighted by atomic mass is 16.2. The lowest BCUT2D eigenvalue weighted by Crippen LogP contribution is -2.44. The minimum Gasteiger partial charge on any atom is -0.312 e. The molecule has 0 aromatic rings. The fourth-order valence-electron chi connectivity index (χ4n) is 2.84. The van der Waals surface area contributed by atoms with Crippen LogP contribution < -0.4 is 5.32 Å². The molecular formula is C11H18N2O2. The van der Waals surface area contributed by atoms with Crippen molar-refractivity contribution in [3.8, 4) is 0 Å². The van der Waals surface area contributed by atoms with Crippen LogP contribution in [0, 0.1) is 11.8 Å². The van der Waals surface area contributed by atoms with Crippen LogP contribution in [-0.2, 0) is 4.79 Å². The van der Waals surface area contributed by atoms with Crippen molar-refractivity contribution in [2.24, 2.45) is 11.8 Å². The van der Waals surface area contributed by atoms with E-state index in [2.05, 4.69) is 19.2 Å². The number of amides is 3. The number of nitrogens with one attached hydrogen (secondary N) is 1. The predicted molar refractivity (Wildman–Crippen MR) is 56.2 cm³/mol. The van der Waals surface area contributed by atoms with Crippen LogP contribution >= 0.6 is 0 Å². The third-order valence-electron chi connectivity index (χ3n) is 3.61. The lowest BCUT2D eigenvalue weighted by Gasteiger charge is -2.37. The van der Waals surface area contributed by atoms with E-state index in [0.29, 0.717) is 5.92 Å². The van der Waals surface area contributed by atoms with Crippen LogP contribution in [0.25, 0.3) is 0 Å². The van der Waals surface area contributed by atoms with Crippen molar-refractivity contribution in [1.82, 2.24) is 10.2 Å². The highest BCUT2D eigenvalue weighted by molar-refractivity contribution is 6.02. The molecule has 1 saturated heterocycles. The minimum absolute atomic E-state index is 0.161. The van der Waals surface area contributed by atoms with Gasteiger partial charge in [-0.2, -0.15) is 0 Å². The summed E-state index contributed by atoms with van der Waals surface area (Å²) >= 11 is 0. The third-order valence-corrected chi connectivity index (χ3v) is 3.61. The lowest BCUT2D eigenvalue weighted by atomic mass is 9.79. The van der Waals surface area contributed by atoms with Gasteiger partial charge in [0.05, 0.1) is 0 Å². The summed E-state index contributed by atoms with van der Waals surface area (Å²) in [6, 6.07) is 0.0547. The highest BCUT2D eigenvalue weighted by Crippen LogP contribution is 2.32. The molecule has 3 amide bonds. The quantitative estimate of drug-likeness (QED) is 0.664. The molecule has 2 fully saturated rings. The molecule has 1 N–H and O–H groups in total. The fourth-order valence-corrected chi connectivity index (χ4v) is 2.84. The second-order valence-corrected chi connectivity index (χ2v) is 4.94. The Morgan fingerprint density at radius 3 is 2.53 bits per heavy atom. The molecule has 1 aliphatic carbocycles. The molecule has 0 spiro atoms. The second-order valence-electron chi connectivity index (χ2n) is 4.94. The third kappa shape index (κ3) is 1.98. The van der Waals surface area contributed by atoms with Gasteiger partial charge in [-0.05, 0) is 31.1 Å². The molecular weight excluding hydrogens is 192 g/mol. The standard InChI is InChI=1S/C11H18N2O2/c1-7-3-4-9(8(2)5-7)13-6-10(14)12-11(13)15/h7-9H,3-6H2,1-2H3,(H,12,14,15). The zero-order chi connectivity index (χ0) is 11.0. The van der Waals surface area contributed by atoms with Gasteiger partial charge >= 0.3 is 6.03 Å². The summed E-state index contributed by atoms with van der Waals surface area (Å²) in [7, 11) is 0.